The Hall–Kier alpha value is -1.39. The fourth-order valence-corrected chi connectivity index (χ4v) is 2.93. The Labute approximate surface area is 114 Å². The summed E-state index contributed by atoms with van der Waals surface area (Å²) in [6.07, 6.45) is 2.59. The molecule has 0 bridgehead atoms. The number of hydrogen-bond donors (Lipinski definition) is 2. The highest BCUT2D eigenvalue weighted by Crippen LogP contribution is 2.18. The van der Waals surface area contributed by atoms with Crippen molar-refractivity contribution in [1.82, 2.24) is 20.2 Å². The van der Waals surface area contributed by atoms with E-state index in [9.17, 15) is 0 Å². The number of H-pyrrole nitrogens is 1. The van der Waals surface area contributed by atoms with E-state index in [1.54, 1.807) is 0 Å². The van der Waals surface area contributed by atoms with Gasteiger partial charge in [0.25, 0.3) is 0 Å². The molecule has 0 atom stereocenters. The molecule has 0 spiro atoms. The van der Waals surface area contributed by atoms with Crippen LogP contribution in [0, 0.1) is 5.92 Å². The van der Waals surface area contributed by atoms with Crippen LogP contribution < -0.4 is 5.32 Å². The molecule has 0 radical (unpaired) electrons. The van der Waals surface area contributed by atoms with Gasteiger partial charge in [0.15, 0.2) is 0 Å². The first kappa shape index (κ1) is 12.6. The monoisotopic (exact) mass is 258 g/mol. The maximum atomic E-state index is 4.65. The van der Waals surface area contributed by atoms with E-state index in [-0.39, 0.29) is 0 Å². The summed E-state index contributed by atoms with van der Waals surface area (Å²) in [6, 6.07) is 8.24. The molecule has 1 aliphatic rings. The second-order valence-electron chi connectivity index (χ2n) is 5.48. The highest BCUT2D eigenvalue weighted by molar-refractivity contribution is 5.74. The van der Waals surface area contributed by atoms with E-state index >= 15 is 0 Å². The first-order valence-electron chi connectivity index (χ1n) is 7.16. The Bertz CT molecular complexity index is 493. The molecule has 2 N–H and O–H groups in total. The van der Waals surface area contributed by atoms with Crippen LogP contribution in [-0.2, 0) is 6.54 Å². The average molecular weight is 258 g/mol. The topological polar surface area (TPSA) is 44.0 Å². The average Bonchev–Trinajstić information content (AvgIpc) is 2.83. The summed E-state index contributed by atoms with van der Waals surface area (Å²) in [5.41, 5.74) is 2.21. The number of imidazole rings is 1. The molecule has 1 aromatic carbocycles. The van der Waals surface area contributed by atoms with Crippen LogP contribution in [0.5, 0.6) is 0 Å². The van der Waals surface area contributed by atoms with Gasteiger partial charge in [-0.2, -0.15) is 0 Å². The van der Waals surface area contributed by atoms with Gasteiger partial charge in [0.05, 0.1) is 17.6 Å². The molecule has 19 heavy (non-hydrogen) atoms. The van der Waals surface area contributed by atoms with Crippen LogP contribution >= 0.6 is 0 Å². The minimum Gasteiger partial charge on any atom is -0.341 e. The van der Waals surface area contributed by atoms with Crippen LogP contribution in [0.3, 0.4) is 0 Å². The SMILES string of the molecule is CNCC1CCN(Cc2nc3ccccc3[nH]2)CC1. The lowest BCUT2D eigenvalue weighted by molar-refractivity contribution is 0.174. The third-order valence-electron chi connectivity index (χ3n) is 4.01. The second kappa shape index (κ2) is 5.72. The lowest BCUT2D eigenvalue weighted by Crippen LogP contribution is -2.36. The van der Waals surface area contributed by atoms with Crippen molar-refractivity contribution in [3.63, 3.8) is 0 Å². The molecule has 102 valence electrons. The number of likely N-dealkylation sites (tertiary alicyclic amines) is 1. The van der Waals surface area contributed by atoms with E-state index < -0.39 is 0 Å². The lowest BCUT2D eigenvalue weighted by Gasteiger charge is -2.31. The lowest BCUT2D eigenvalue weighted by atomic mass is 9.97. The zero-order chi connectivity index (χ0) is 13.1. The molecule has 1 aromatic heterocycles. The summed E-state index contributed by atoms with van der Waals surface area (Å²) in [4.78, 5) is 10.6. The predicted octanol–water partition coefficient (Wildman–Crippen LogP) is 1.99. The Morgan fingerprint density at radius 2 is 2.11 bits per heavy atom. The highest BCUT2D eigenvalue weighted by Gasteiger charge is 2.19. The van der Waals surface area contributed by atoms with Crippen molar-refractivity contribution in [2.45, 2.75) is 19.4 Å². The van der Waals surface area contributed by atoms with Gasteiger partial charge in [-0.3, -0.25) is 4.90 Å². The summed E-state index contributed by atoms with van der Waals surface area (Å²) in [6.45, 7) is 4.46. The summed E-state index contributed by atoms with van der Waals surface area (Å²) < 4.78 is 0. The largest absolute Gasteiger partial charge is 0.341 e. The Morgan fingerprint density at radius 3 is 2.84 bits per heavy atom. The molecule has 2 aromatic rings. The number of aromatic amines is 1. The highest BCUT2D eigenvalue weighted by atomic mass is 15.2. The van der Waals surface area contributed by atoms with E-state index in [1.807, 2.05) is 19.2 Å². The number of nitrogens with zero attached hydrogens (tertiary/aromatic N) is 2. The first-order valence-corrected chi connectivity index (χ1v) is 7.16. The summed E-state index contributed by atoms with van der Waals surface area (Å²) in [5.74, 6) is 1.94. The Kier molecular flexibility index (Phi) is 3.80. The number of hydrogen-bond acceptors (Lipinski definition) is 3. The molecule has 0 aliphatic carbocycles. The maximum absolute atomic E-state index is 4.65. The van der Waals surface area contributed by atoms with Crippen molar-refractivity contribution in [3.8, 4) is 0 Å². The van der Waals surface area contributed by atoms with Crippen molar-refractivity contribution in [2.75, 3.05) is 26.7 Å². The van der Waals surface area contributed by atoms with Crippen LogP contribution in [0.2, 0.25) is 0 Å². The maximum Gasteiger partial charge on any atom is 0.121 e. The van der Waals surface area contributed by atoms with Gasteiger partial charge in [-0.1, -0.05) is 12.1 Å². The van der Waals surface area contributed by atoms with Crippen molar-refractivity contribution in [2.24, 2.45) is 5.92 Å². The van der Waals surface area contributed by atoms with E-state index in [4.69, 9.17) is 0 Å². The molecule has 4 heteroatoms. The molecular formula is C15H22N4. The fraction of sp³-hybridized carbons (Fsp3) is 0.533. The van der Waals surface area contributed by atoms with Gasteiger partial charge in [0, 0.05) is 0 Å². The van der Waals surface area contributed by atoms with E-state index in [0.717, 1.165) is 35.9 Å². The number of aromatic nitrogens is 2. The van der Waals surface area contributed by atoms with Crippen LogP contribution in [0.4, 0.5) is 0 Å². The number of para-hydroxylation sites is 2. The molecule has 2 heterocycles. The molecule has 0 amide bonds. The second-order valence-corrected chi connectivity index (χ2v) is 5.48. The molecule has 1 fully saturated rings. The van der Waals surface area contributed by atoms with E-state index in [0.29, 0.717) is 0 Å². The zero-order valence-corrected chi connectivity index (χ0v) is 11.5. The molecule has 3 rings (SSSR count). The summed E-state index contributed by atoms with van der Waals surface area (Å²) in [5, 5.41) is 3.28. The van der Waals surface area contributed by atoms with Gasteiger partial charge in [-0.15, -0.1) is 0 Å². The normalized spacial score (nSPS) is 18.2. The summed E-state index contributed by atoms with van der Waals surface area (Å²) in [7, 11) is 2.04. The van der Waals surface area contributed by atoms with Gasteiger partial charge in [0.1, 0.15) is 5.82 Å². The fourth-order valence-electron chi connectivity index (χ4n) is 2.93. The molecular weight excluding hydrogens is 236 g/mol. The Balaban J connectivity index is 1.60. The first-order chi connectivity index (χ1) is 9.35. The Morgan fingerprint density at radius 1 is 1.32 bits per heavy atom. The van der Waals surface area contributed by atoms with Crippen LogP contribution in [0.1, 0.15) is 18.7 Å². The number of piperidine rings is 1. The van der Waals surface area contributed by atoms with Crippen LogP contribution in [0.15, 0.2) is 24.3 Å². The molecule has 0 unspecified atom stereocenters. The quantitative estimate of drug-likeness (QED) is 0.881. The van der Waals surface area contributed by atoms with Crippen molar-refractivity contribution >= 4 is 11.0 Å². The van der Waals surface area contributed by atoms with Crippen LogP contribution in [0.25, 0.3) is 11.0 Å². The van der Waals surface area contributed by atoms with Crippen molar-refractivity contribution in [3.05, 3.63) is 30.1 Å². The smallest absolute Gasteiger partial charge is 0.121 e. The molecule has 1 saturated heterocycles. The molecule has 0 saturated carbocycles. The number of fused-ring (bicyclic) bond motifs is 1. The standard InChI is InChI=1S/C15H22N4/c1-16-10-12-6-8-19(9-7-12)11-15-17-13-4-2-3-5-14(13)18-15/h2-5,12,16H,6-11H2,1H3,(H,17,18). The zero-order valence-electron chi connectivity index (χ0n) is 11.5. The van der Waals surface area contributed by atoms with Gasteiger partial charge < -0.3 is 10.3 Å². The third-order valence-corrected chi connectivity index (χ3v) is 4.01. The van der Waals surface area contributed by atoms with Gasteiger partial charge in [-0.25, -0.2) is 4.98 Å². The minimum atomic E-state index is 0.844. The van der Waals surface area contributed by atoms with E-state index in [2.05, 4.69) is 32.3 Å². The minimum absolute atomic E-state index is 0.844. The number of benzene rings is 1. The van der Waals surface area contributed by atoms with E-state index in [1.165, 1.54) is 25.9 Å². The number of rotatable bonds is 4. The molecule has 1 aliphatic heterocycles. The van der Waals surface area contributed by atoms with Gasteiger partial charge >= 0.3 is 0 Å². The number of nitrogens with one attached hydrogen (secondary N) is 2. The van der Waals surface area contributed by atoms with Gasteiger partial charge in [0.2, 0.25) is 0 Å². The summed E-state index contributed by atoms with van der Waals surface area (Å²) >= 11 is 0. The molecule has 4 nitrogen and oxygen atoms in total. The van der Waals surface area contributed by atoms with Crippen molar-refractivity contribution in [1.29, 1.82) is 0 Å². The third kappa shape index (κ3) is 2.96. The van der Waals surface area contributed by atoms with Crippen molar-refractivity contribution < 1.29 is 0 Å². The predicted molar refractivity (Wildman–Crippen MR) is 78.0 cm³/mol. The van der Waals surface area contributed by atoms with Gasteiger partial charge in [-0.05, 0) is 57.6 Å². The van der Waals surface area contributed by atoms with Crippen LogP contribution in [-0.4, -0.2) is 41.5 Å².